The fraction of sp³-hybridized carbons (Fsp3) is 0.304. The van der Waals surface area contributed by atoms with E-state index < -0.39 is 0 Å². The van der Waals surface area contributed by atoms with E-state index in [1.807, 2.05) is 31.2 Å². The lowest BCUT2D eigenvalue weighted by Crippen LogP contribution is -2.77. The number of benzene rings is 2. The maximum absolute atomic E-state index is 13.0. The molecule has 0 radical (unpaired) electrons. The number of carbonyl (C=O) groups is 2. The number of halogens is 1. The van der Waals surface area contributed by atoms with Crippen molar-refractivity contribution in [3.63, 3.8) is 0 Å². The normalized spacial score (nSPS) is 25.0. The Morgan fingerprint density at radius 2 is 1.77 bits per heavy atom. The van der Waals surface area contributed by atoms with Gasteiger partial charge in [0, 0.05) is 22.5 Å². The molecule has 3 aliphatic carbocycles. The molecule has 6 nitrogen and oxygen atoms in total. The molecule has 2 amide bonds. The molecule has 7 heteroatoms. The minimum absolute atomic E-state index is 0.0782. The molecule has 6 rings (SSSR count). The van der Waals surface area contributed by atoms with E-state index >= 15 is 0 Å². The van der Waals surface area contributed by atoms with Gasteiger partial charge in [0.25, 0.3) is 5.91 Å². The summed E-state index contributed by atoms with van der Waals surface area (Å²) in [4.78, 5) is 25.5. The lowest BCUT2D eigenvalue weighted by molar-refractivity contribution is -0.184. The Hall–Kier alpha value is -3.35. The molecule has 0 saturated heterocycles. The van der Waals surface area contributed by atoms with Crippen LogP contribution in [0.3, 0.4) is 0 Å². The standard InChI is InChI=1S/C23H21FN4O2/c1-14(20(29)26-16-8-6-15(24)7-9-16)22-11-23(12-22,13-22)27-21(30)18-10-25-28-19-5-3-2-4-17(18)19/h2-10,14H,11-13H2,1H3,(H,26,29)(H,27,30). The molecule has 3 aromatic rings. The smallest absolute Gasteiger partial charge is 0.254 e. The number of nitrogens with one attached hydrogen (secondary N) is 2. The quantitative estimate of drug-likeness (QED) is 0.679. The molecule has 2 bridgehead atoms. The monoisotopic (exact) mass is 404 g/mol. The van der Waals surface area contributed by atoms with Crippen LogP contribution in [0.1, 0.15) is 36.5 Å². The van der Waals surface area contributed by atoms with E-state index in [1.165, 1.54) is 18.3 Å². The van der Waals surface area contributed by atoms with Gasteiger partial charge in [0.15, 0.2) is 0 Å². The first-order valence-corrected chi connectivity index (χ1v) is 9.99. The summed E-state index contributed by atoms with van der Waals surface area (Å²) in [5, 5.41) is 14.8. The summed E-state index contributed by atoms with van der Waals surface area (Å²) >= 11 is 0. The van der Waals surface area contributed by atoms with Gasteiger partial charge in [-0.2, -0.15) is 10.2 Å². The number of carbonyl (C=O) groups excluding carboxylic acids is 2. The third-order valence-electron chi connectivity index (χ3n) is 6.66. The molecule has 2 aromatic carbocycles. The number of hydrogen-bond acceptors (Lipinski definition) is 4. The third kappa shape index (κ3) is 2.93. The van der Waals surface area contributed by atoms with Gasteiger partial charge in [-0.05, 0) is 55.0 Å². The second kappa shape index (κ2) is 6.58. The highest BCUT2D eigenvalue weighted by molar-refractivity contribution is 6.06. The van der Waals surface area contributed by atoms with E-state index in [4.69, 9.17) is 0 Å². The summed E-state index contributed by atoms with van der Waals surface area (Å²) in [7, 11) is 0. The van der Waals surface area contributed by atoms with Gasteiger partial charge >= 0.3 is 0 Å². The number of nitrogens with zero attached hydrogens (tertiary/aromatic N) is 2. The molecule has 1 heterocycles. The Labute approximate surface area is 172 Å². The molecule has 1 aromatic heterocycles. The number of amides is 2. The fourth-order valence-electron chi connectivity index (χ4n) is 5.02. The average Bonchev–Trinajstić information content (AvgIpc) is 2.70. The zero-order valence-corrected chi connectivity index (χ0v) is 16.5. The van der Waals surface area contributed by atoms with E-state index in [0.29, 0.717) is 16.8 Å². The number of fused-ring (bicyclic) bond motifs is 1. The second-order valence-electron chi connectivity index (χ2n) is 8.62. The van der Waals surface area contributed by atoms with Crippen molar-refractivity contribution in [1.29, 1.82) is 0 Å². The second-order valence-corrected chi connectivity index (χ2v) is 8.62. The van der Waals surface area contributed by atoms with Gasteiger partial charge in [-0.3, -0.25) is 9.59 Å². The Morgan fingerprint density at radius 1 is 1.07 bits per heavy atom. The first-order chi connectivity index (χ1) is 14.4. The Bertz CT molecular complexity index is 1140. The van der Waals surface area contributed by atoms with Gasteiger partial charge in [-0.25, -0.2) is 4.39 Å². The summed E-state index contributed by atoms with van der Waals surface area (Å²) in [6.45, 7) is 1.92. The molecule has 0 spiro atoms. The van der Waals surface area contributed by atoms with Crippen molar-refractivity contribution in [3.05, 3.63) is 66.1 Å². The van der Waals surface area contributed by atoms with Crippen LogP contribution in [-0.2, 0) is 4.79 Å². The summed E-state index contributed by atoms with van der Waals surface area (Å²) in [5.74, 6) is -0.761. The van der Waals surface area contributed by atoms with Gasteiger partial charge in [0.1, 0.15) is 5.82 Å². The zero-order valence-electron chi connectivity index (χ0n) is 16.5. The van der Waals surface area contributed by atoms with Crippen molar-refractivity contribution in [1.82, 2.24) is 15.5 Å². The molecule has 3 aliphatic rings. The predicted molar refractivity (Wildman–Crippen MR) is 110 cm³/mol. The zero-order chi connectivity index (χ0) is 20.9. The highest BCUT2D eigenvalue weighted by Crippen LogP contribution is 2.70. The lowest BCUT2D eigenvalue weighted by atomic mass is 9.36. The molecule has 0 aliphatic heterocycles. The van der Waals surface area contributed by atoms with Crippen LogP contribution in [0.2, 0.25) is 0 Å². The van der Waals surface area contributed by atoms with Gasteiger partial charge in [-0.1, -0.05) is 25.1 Å². The van der Waals surface area contributed by atoms with Crippen molar-refractivity contribution >= 4 is 28.4 Å². The molecule has 30 heavy (non-hydrogen) atoms. The number of aromatic nitrogens is 2. The Kier molecular flexibility index (Phi) is 4.10. The van der Waals surface area contributed by atoms with Crippen LogP contribution in [0.4, 0.5) is 10.1 Å². The van der Waals surface area contributed by atoms with Crippen molar-refractivity contribution < 1.29 is 14.0 Å². The maximum atomic E-state index is 13.0. The topological polar surface area (TPSA) is 84.0 Å². The summed E-state index contributed by atoms with van der Waals surface area (Å²) in [6.07, 6.45) is 3.83. The van der Waals surface area contributed by atoms with Crippen LogP contribution >= 0.6 is 0 Å². The molecule has 3 fully saturated rings. The molecule has 2 N–H and O–H groups in total. The van der Waals surface area contributed by atoms with Crippen molar-refractivity contribution in [2.45, 2.75) is 31.7 Å². The van der Waals surface area contributed by atoms with Crippen LogP contribution in [0.15, 0.2) is 54.7 Å². The summed E-state index contributed by atoms with van der Waals surface area (Å²) in [5.41, 5.74) is 1.45. The minimum atomic E-state index is -0.338. The van der Waals surface area contributed by atoms with E-state index in [9.17, 15) is 14.0 Å². The van der Waals surface area contributed by atoms with Crippen molar-refractivity contribution in [3.8, 4) is 0 Å². The van der Waals surface area contributed by atoms with E-state index in [2.05, 4.69) is 20.8 Å². The molecular weight excluding hydrogens is 383 g/mol. The Morgan fingerprint density at radius 3 is 2.50 bits per heavy atom. The average molecular weight is 404 g/mol. The number of anilines is 1. The van der Waals surface area contributed by atoms with E-state index in [-0.39, 0.29) is 34.5 Å². The van der Waals surface area contributed by atoms with E-state index in [0.717, 1.165) is 24.6 Å². The van der Waals surface area contributed by atoms with Gasteiger partial charge in [0.05, 0.1) is 17.3 Å². The number of hydrogen-bond donors (Lipinski definition) is 2. The first kappa shape index (κ1) is 18.7. The van der Waals surface area contributed by atoms with Gasteiger partial charge in [0.2, 0.25) is 5.91 Å². The van der Waals surface area contributed by atoms with Crippen LogP contribution in [0.25, 0.3) is 10.9 Å². The molecule has 3 saturated carbocycles. The highest BCUT2D eigenvalue weighted by atomic mass is 19.1. The SMILES string of the molecule is CC(C(=O)Nc1ccc(F)cc1)C12CC(NC(=O)c3cnnc4ccccc34)(C1)C2. The third-order valence-corrected chi connectivity index (χ3v) is 6.66. The maximum Gasteiger partial charge on any atom is 0.254 e. The van der Waals surface area contributed by atoms with Crippen molar-refractivity contribution in [2.75, 3.05) is 5.32 Å². The van der Waals surface area contributed by atoms with Gasteiger partial charge < -0.3 is 10.6 Å². The predicted octanol–water partition coefficient (Wildman–Crippen LogP) is 3.70. The minimum Gasteiger partial charge on any atom is -0.346 e. The van der Waals surface area contributed by atoms with Crippen LogP contribution < -0.4 is 10.6 Å². The van der Waals surface area contributed by atoms with Crippen LogP contribution in [0.5, 0.6) is 0 Å². The molecule has 1 atom stereocenters. The fourth-order valence-corrected chi connectivity index (χ4v) is 5.02. The summed E-state index contributed by atoms with van der Waals surface area (Å²) in [6, 6.07) is 13.2. The van der Waals surface area contributed by atoms with E-state index in [1.54, 1.807) is 12.1 Å². The Balaban J connectivity index is 1.23. The number of rotatable bonds is 5. The summed E-state index contributed by atoms with van der Waals surface area (Å²) < 4.78 is 13.0. The molecule has 1 unspecified atom stereocenters. The molecule has 152 valence electrons. The lowest BCUT2D eigenvalue weighted by Gasteiger charge is -2.72. The van der Waals surface area contributed by atoms with Gasteiger partial charge in [-0.15, -0.1) is 0 Å². The first-order valence-electron chi connectivity index (χ1n) is 9.99. The largest absolute Gasteiger partial charge is 0.346 e. The molecular formula is C23H21FN4O2. The van der Waals surface area contributed by atoms with Crippen molar-refractivity contribution in [2.24, 2.45) is 11.3 Å². The van der Waals surface area contributed by atoms with Crippen LogP contribution in [-0.4, -0.2) is 27.6 Å². The highest BCUT2D eigenvalue weighted by Gasteiger charge is 2.71. The van der Waals surface area contributed by atoms with Crippen LogP contribution in [0, 0.1) is 17.2 Å².